The van der Waals surface area contributed by atoms with Gasteiger partial charge in [-0.25, -0.2) is 4.98 Å². The van der Waals surface area contributed by atoms with Crippen LogP contribution >= 0.6 is 11.6 Å². The van der Waals surface area contributed by atoms with Crippen LogP contribution in [0.15, 0.2) is 29.4 Å². The topological polar surface area (TPSA) is 56.2 Å². The minimum atomic E-state index is -0.0143. The summed E-state index contributed by atoms with van der Waals surface area (Å²) in [5, 5.41) is 1.57. The molecule has 2 aromatic heterocycles. The first kappa shape index (κ1) is 11.4. The Morgan fingerprint density at radius 2 is 2.28 bits per heavy atom. The van der Waals surface area contributed by atoms with E-state index in [0.717, 1.165) is 28.7 Å². The van der Waals surface area contributed by atoms with Crippen LogP contribution in [0.2, 0.25) is 5.15 Å². The summed E-state index contributed by atoms with van der Waals surface area (Å²) in [7, 11) is 1.98. The number of hydrogen-bond donors (Lipinski definition) is 1. The lowest BCUT2D eigenvalue weighted by Gasteiger charge is -2.14. The maximum Gasteiger partial charge on any atom is 0.141 e. The van der Waals surface area contributed by atoms with Crippen molar-refractivity contribution in [1.29, 1.82) is 0 Å². The van der Waals surface area contributed by atoms with Crippen molar-refractivity contribution in [3.8, 4) is 0 Å². The first-order chi connectivity index (χ1) is 8.65. The van der Waals surface area contributed by atoms with E-state index in [4.69, 9.17) is 17.3 Å². The number of aromatic nitrogens is 2. The van der Waals surface area contributed by atoms with Crippen LogP contribution in [-0.4, -0.2) is 21.8 Å². The Kier molecular flexibility index (Phi) is 2.69. The van der Waals surface area contributed by atoms with Crippen molar-refractivity contribution in [3.63, 3.8) is 0 Å². The fourth-order valence-corrected chi connectivity index (χ4v) is 2.40. The van der Waals surface area contributed by atoms with Gasteiger partial charge in [0.2, 0.25) is 0 Å². The van der Waals surface area contributed by atoms with Crippen LogP contribution in [0.3, 0.4) is 0 Å². The molecule has 0 saturated carbocycles. The van der Waals surface area contributed by atoms with Crippen molar-refractivity contribution in [2.75, 3.05) is 0 Å². The van der Waals surface area contributed by atoms with Gasteiger partial charge in [-0.1, -0.05) is 11.6 Å². The second-order valence-electron chi connectivity index (χ2n) is 4.46. The molecule has 0 spiro atoms. The monoisotopic (exact) mass is 260 g/mol. The summed E-state index contributed by atoms with van der Waals surface area (Å²) in [6.07, 6.45) is 4.42. The fourth-order valence-electron chi connectivity index (χ4n) is 2.26. The van der Waals surface area contributed by atoms with Gasteiger partial charge >= 0.3 is 0 Å². The zero-order chi connectivity index (χ0) is 12.7. The van der Waals surface area contributed by atoms with Crippen LogP contribution in [-0.2, 0) is 7.05 Å². The Morgan fingerprint density at radius 1 is 1.44 bits per heavy atom. The summed E-state index contributed by atoms with van der Waals surface area (Å²) >= 11 is 5.93. The molecular formula is C13H13ClN4. The van der Waals surface area contributed by atoms with E-state index >= 15 is 0 Å². The average molecular weight is 261 g/mol. The zero-order valence-corrected chi connectivity index (χ0v) is 10.7. The normalized spacial score (nSPS) is 19.3. The zero-order valence-electron chi connectivity index (χ0n) is 9.97. The Morgan fingerprint density at radius 3 is 3.06 bits per heavy atom. The number of halogens is 1. The molecule has 0 radical (unpaired) electrons. The maximum atomic E-state index is 5.93. The average Bonchev–Trinajstić information content (AvgIpc) is 2.67. The predicted octanol–water partition coefficient (Wildman–Crippen LogP) is 2.37. The van der Waals surface area contributed by atoms with Crippen molar-refractivity contribution < 1.29 is 0 Å². The van der Waals surface area contributed by atoms with E-state index in [2.05, 4.69) is 16.0 Å². The van der Waals surface area contributed by atoms with Crippen LogP contribution in [0.1, 0.15) is 12.1 Å². The van der Waals surface area contributed by atoms with Crippen molar-refractivity contribution in [3.05, 3.63) is 35.2 Å². The first-order valence-electron chi connectivity index (χ1n) is 5.75. The predicted molar refractivity (Wildman–Crippen MR) is 74.8 cm³/mol. The van der Waals surface area contributed by atoms with Gasteiger partial charge in [-0.05, 0) is 30.2 Å². The third-order valence-electron chi connectivity index (χ3n) is 3.14. The van der Waals surface area contributed by atoms with Gasteiger partial charge in [-0.15, -0.1) is 0 Å². The summed E-state index contributed by atoms with van der Waals surface area (Å²) in [5.74, 6) is 0. The number of hydrogen-bond acceptors (Lipinski definition) is 3. The Balaban J connectivity index is 2.16. The van der Waals surface area contributed by atoms with Crippen molar-refractivity contribution in [2.45, 2.75) is 12.5 Å². The van der Waals surface area contributed by atoms with Crippen molar-refractivity contribution in [1.82, 2.24) is 9.55 Å². The van der Waals surface area contributed by atoms with Crippen LogP contribution in [0.25, 0.3) is 16.6 Å². The van der Waals surface area contributed by atoms with Gasteiger partial charge in [0.25, 0.3) is 0 Å². The number of nitrogens with two attached hydrogens (primary N) is 1. The number of nitrogens with zero attached hydrogens (tertiary/aromatic N) is 3. The number of aliphatic imine (C=N–C) groups is 1. The molecule has 0 bridgehead atoms. The lowest BCUT2D eigenvalue weighted by molar-refractivity contribution is 0.861. The Bertz CT molecular complexity index is 669. The van der Waals surface area contributed by atoms with Crippen molar-refractivity contribution in [2.24, 2.45) is 17.8 Å². The van der Waals surface area contributed by atoms with Gasteiger partial charge < -0.3 is 10.3 Å². The Labute approximate surface area is 110 Å². The molecule has 0 aliphatic carbocycles. The third-order valence-corrected chi connectivity index (χ3v) is 3.35. The molecule has 0 amide bonds. The highest BCUT2D eigenvalue weighted by atomic mass is 35.5. The number of aryl methyl sites for hydroxylation is 1. The molecule has 1 atom stereocenters. The maximum absolute atomic E-state index is 5.93. The minimum absolute atomic E-state index is 0.0143. The molecular weight excluding hydrogens is 248 g/mol. The summed E-state index contributed by atoms with van der Waals surface area (Å²) in [4.78, 5) is 8.51. The molecule has 1 aliphatic heterocycles. The van der Waals surface area contributed by atoms with E-state index in [1.165, 1.54) is 0 Å². The number of fused-ring (bicyclic) bond motifs is 1. The van der Waals surface area contributed by atoms with Gasteiger partial charge in [0, 0.05) is 36.6 Å². The molecule has 3 rings (SSSR count). The third kappa shape index (κ3) is 1.83. The lowest BCUT2D eigenvalue weighted by Crippen LogP contribution is -2.23. The van der Waals surface area contributed by atoms with Gasteiger partial charge in [0.15, 0.2) is 0 Å². The summed E-state index contributed by atoms with van der Waals surface area (Å²) in [6, 6.07) is 5.85. The van der Waals surface area contributed by atoms with Gasteiger partial charge in [-0.2, -0.15) is 0 Å². The molecule has 0 fully saturated rings. The van der Waals surface area contributed by atoms with E-state index in [9.17, 15) is 0 Å². The summed E-state index contributed by atoms with van der Waals surface area (Å²) in [6.45, 7) is 0. The molecule has 1 unspecified atom stereocenters. The van der Waals surface area contributed by atoms with E-state index in [-0.39, 0.29) is 6.04 Å². The molecule has 1 aliphatic rings. The summed E-state index contributed by atoms with van der Waals surface area (Å²) < 4.78 is 2.03. The first-order valence-corrected chi connectivity index (χ1v) is 6.13. The highest BCUT2D eigenvalue weighted by Gasteiger charge is 2.15. The van der Waals surface area contributed by atoms with Gasteiger partial charge in [0.05, 0.1) is 0 Å². The number of rotatable bonds is 1. The highest BCUT2D eigenvalue weighted by Crippen LogP contribution is 2.27. The Hall–Kier alpha value is -1.65. The molecule has 18 heavy (non-hydrogen) atoms. The molecule has 4 nitrogen and oxygen atoms in total. The van der Waals surface area contributed by atoms with Crippen molar-refractivity contribution >= 4 is 34.4 Å². The van der Waals surface area contributed by atoms with Crippen LogP contribution < -0.4 is 5.73 Å². The smallest absolute Gasteiger partial charge is 0.141 e. The van der Waals surface area contributed by atoms with E-state index in [0.29, 0.717) is 5.15 Å². The lowest BCUT2D eigenvalue weighted by atomic mass is 10.0. The molecule has 2 N–H and O–H groups in total. The van der Waals surface area contributed by atoms with E-state index in [1.807, 2.05) is 23.9 Å². The molecule has 0 aromatic carbocycles. The van der Waals surface area contributed by atoms with E-state index in [1.54, 1.807) is 12.3 Å². The van der Waals surface area contributed by atoms with Crippen LogP contribution in [0.4, 0.5) is 0 Å². The number of pyridine rings is 1. The SMILES string of the molecule is Cn1c(C2=CN=CC(N)C2)cc2ccc(Cl)nc21. The minimum Gasteiger partial charge on any atom is -0.329 e. The largest absolute Gasteiger partial charge is 0.329 e. The second-order valence-corrected chi connectivity index (χ2v) is 4.84. The fraction of sp³-hybridized carbons (Fsp3) is 0.231. The van der Waals surface area contributed by atoms with E-state index < -0.39 is 0 Å². The molecule has 0 saturated heterocycles. The second kappa shape index (κ2) is 4.23. The van der Waals surface area contributed by atoms with Crippen LogP contribution in [0.5, 0.6) is 0 Å². The molecule has 3 heterocycles. The highest BCUT2D eigenvalue weighted by molar-refractivity contribution is 6.29. The molecule has 2 aromatic rings. The molecule has 92 valence electrons. The standard InChI is InChI=1S/C13H13ClN4/c1-18-11(9-4-10(15)7-16-6-9)5-8-2-3-12(14)17-13(8)18/h2-3,5-7,10H,4,15H2,1H3. The van der Waals surface area contributed by atoms with Crippen LogP contribution in [0, 0.1) is 0 Å². The quantitative estimate of drug-likeness (QED) is 0.801. The van der Waals surface area contributed by atoms with Gasteiger partial charge in [-0.3, -0.25) is 4.99 Å². The van der Waals surface area contributed by atoms with Gasteiger partial charge in [0.1, 0.15) is 10.8 Å². The summed E-state index contributed by atoms with van der Waals surface area (Å²) in [5.41, 5.74) is 8.99. The molecule has 5 heteroatoms.